The summed E-state index contributed by atoms with van der Waals surface area (Å²) >= 11 is 1.17. The Labute approximate surface area is 134 Å². The molecular weight excluding hydrogens is 324 g/mol. The number of aldehydes is 1. The summed E-state index contributed by atoms with van der Waals surface area (Å²) in [5.41, 5.74) is 0.481. The molecule has 9 heteroatoms. The van der Waals surface area contributed by atoms with E-state index in [0.717, 1.165) is 0 Å². The number of nitro groups is 1. The monoisotopic (exact) mass is 334 g/mol. The third-order valence-corrected chi connectivity index (χ3v) is 4.65. The molecular formula is C14H10N2O6S. The molecule has 3 rings (SSSR count). The molecule has 0 aliphatic carbocycles. The lowest BCUT2D eigenvalue weighted by molar-refractivity contribution is -0.384. The molecule has 0 aromatic heterocycles. The Bertz CT molecular complexity index is 742. The Morgan fingerprint density at radius 2 is 2.13 bits per heavy atom. The topological polar surface area (TPSA) is 107 Å². The van der Waals surface area contributed by atoms with Gasteiger partial charge >= 0.3 is 5.97 Å². The zero-order valence-electron chi connectivity index (χ0n) is 11.6. The largest absolute Gasteiger partial charge is 0.456 e. The maximum Gasteiger partial charge on any atom is 0.356 e. The Balaban J connectivity index is 1.68. The van der Waals surface area contributed by atoms with E-state index in [2.05, 4.69) is 0 Å². The van der Waals surface area contributed by atoms with Crippen LogP contribution in [0.3, 0.4) is 0 Å². The summed E-state index contributed by atoms with van der Waals surface area (Å²) in [6.45, 7) is -0.107. The van der Waals surface area contributed by atoms with Gasteiger partial charge in [0.1, 0.15) is 12.3 Å². The highest BCUT2D eigenvalue weighted by Crippen LogP contribution is 2.45. The minimum Gasteiger partial charge on any atom is -0.456 e. The van der Waals surface area contributed by atoms with Gasteiger partial charge in [0.15, 0.2) is 6.29 Å². The number of rotatable bonds is 5. The summed E-state index contributed by atoms with van der Waals surface area (Å²) in [7, 11) is 0. The third kappa shape index (κ3) is 2.70. The van der Waals surface area contributed by atoms with Crippen molar-refractivity contribution >= 4 is 35.6 Å². The molecule has 1 aromatic carbocycles. The maximum absolute atomic E-state index is 12.1. The molecule has 0 saturated carbocycles. The summed E-state index contributed by atoms with van der Waals surface area (Å²) in [4.78, 5) is 46.2. The minimum absolute atomic E-state index is 0.0202. The van der Waals surface area contributed by atoms with Crippen molar-refractivity contribution in [3.8, 4) is 0 Å². The van der Waals surface area contributed by atoms with E-state index in [-0.39, 0.29) is 34.2 Å². The van der Waals surface area contributed by atoms with Crippen molar-refractivity contribution in [2.75, 3.05) is 0 Å². The number of carbonyl (C=O) groups excluding carboxylic acids is 3. The van der Waals surface area contributed by atoms with Crippen molar-refractivity contribution in [1.82, 2.24) is 4.90 Å². The van der Waals surface area contributed by atoms with Crippen LogP contribution >= 0.6 is 11.8 Å². The first kappa shape index (κ1) is 15.2. The molecule has 0 unspecified atom stereocenters. The Morgan fingerprint density at radius 1 is 1.43 bits per heavy atom. The second-order valence-electron chi connectivity index (χ2n) is 4.87. The number of carbonyl (C=O) groups is 3. The second-order valence-corrected chi connectivity index (χ2v) is 6.09. The number of allylic oxidation sites excluding steroid dienone is 1. The standard InChI is InChI=1S/C14H10N2O6S/c17-6-10-13(15-11(18)5-12(15)23-10)14(19)22-7-8-1-3-9(4-2-8)16(20)21/h1-4,6,12H,5,7H2/t12-/m0/s1. The Kier molecular flexibility index (Phi) is 3.87. The van der Waals surface area contributed by atoms with E-state index < -0.39 is 10.9 Å². The van der Waals surface area contributed by atoms with Crippen LogP contribution in [0.1, 0.15) is 12.0 Å². The number of thioether (sulfide) groups is 1. The number of hydrogen-bond acceptors (Lipinski definition) is 7. The van der Waals surface area contributed by atoms with Gasteiger partial charge < -0.3 is 4.74 Å². The van der Waals surface area contributed by atoms with Crippen LogP contribution in [0.2, 0.25) is 0 Å². The Morgan fingerprint density at radius 3 is 2.70 bits per heavy atom. The van der Waals surface area contributed by atoms with Crippen molar-refractivity contribution in [3.05, 3.63) is 50.5 Å². The van der Waals surface area contributed by atoms with Gasteiger partial charge in [0.05, 0.1) is 21.6 Å². The SMILES string of the molecule is O=CC1=C(C(=O)OCc2ccc([N+](=O)[O-])cc2)N2C(=O)C[C@@H]2S1. The predicted molar refractivity (Wildman–Crippen MR) is 78.8 cm³/mol. The van der Waals surface area contributed by atoms with E-state index in [1.54, 1.807) is 0 Å². The maximum atomic E-state index is 12.1. The van der Waals surface area contributed by atoms with E-state index in [9.17, 15) is 24.5 Å². The number of benzene rings is 1. The number of β-lactam (4-membered cyclic amide) rings is 1. The van der Waals surface area contributed by atoms with Gasteiger partial charge in [-0.1, -0.05) is 11.8 Å². The van der Waals surface area contributed by atoms with Crippen LogP contribution in [0, 0.1) is 10.1 Å². The third-order valence-electron chi connectivity index (χ3n) is 3.46. The average Bonchev–Trinajstić information content (AvgIpc) is 2.85. The lowest BCUT2D eigenvalue weighted by Gasteiger charge is -2.34. The first-order valence-corrected chi connectivity index (χ1v) is 7.48. The summed E-state index contributed by atoms with van der Waals surface area (Å²) in [6, 6.07) is 5.56. The fourth-order valence-corrected chi connectivity index (χ4v) is 3.48. The fraction of sp³-hybridized carbons (Fsp3) is 0.214. The normalized spacial score (nSPS) is 19.2. The van der Waals surface area contributed by atoms with Gasteiger partial charge in [-0.15, -0.1) is 0 Å². The van der Waals surface area contributed by atoms with Crippen molar-refractivity contribution in [1.29, 1.82) is 0 Å². The van der Waals surface area contributed by atoms with Crippen LogP contribution < -0.4 is 0 Å². The smallest absolute Gasteiger partial charge is 0.356 e. The summed E-state index contributed by atoms with van der Waals surface area (Å²) < 4.78 is 5.11. The van der Waals surface area contributed by atoms with Gasteiger partial charge in [0.25, 0.3) is 5.69 Å². The van der Waals surface area contributed by atoms with E-state index >= 15 is 0 Å². The zero-order chi connectivity index (χ0) is 16.6. The molecule has 0 bridgehead atoms. The molecule has 2 aliphatic rings. The molecule has 1 saturated heterocycles. The highest BCUT2D eigenvalue weighted by Gasteiger charge is 2.48. The van der Waals surface area contributed by atoms with Crippen molar-refractivity contribution in [2.24, 2.45) is 0 Å². The number of amides is 1. The molecule has 1 amide bonds. The molecule has 0 spiro atoms. The number of fused-ring (bicyclic) bond motifs is 1. The molecule has 2 heterocycles. The molecule has 118 valence electrons. The van der Waals surface area contributed by atoms with Gasteiger partial charge in [-0.2, -0.15) is 0 Å². The number of esters is 1. The molecule has 1 aromatic rings. The zero-order valence-corrected chi connectivity index (χ0v) is 12.4. The molecule has 2 aliphatic heterocycles. The molecule has 8 nitrogen and oxygen atoms in total. The van der Waals surface area contributed by atoms with Gasteiger partial charge in [0, 0.05) is 12.1 Å². The Hall–Kier alpha value is -2.68. The summed E-state index contributed by atoms with van der Waals surface area (Å²) in [5, 5.41) is 10.4. The second kappa shape index (κ2) is 5.84. The first-order valence-electron chi connectivity index (χ1n) is 6.60. The van der Waals surface area contributed by atoms with Gasteiger partial charge in [-0.3, -0.25) is 24.6 Å². The highest BCUT2D eigenvalue weighted by molar-refractivity contribution is 8.04. The van der Waals surface area contributed by atoms with Gasteiger partial charge in [-0.05, 0) is 17.7 Å². The lowest BCUT2D eigenvalue weighted by Crippen LogP contribution is -2.48. The highest BCUT2D eigenvalue weighted by atomic mass is 32.2. The van der Waals surface area contributed by atoms with E-state index in [4.69, 9.17) is 4.74 Å². The van der Waals surface area contributed by atoms with E-state index in [1.165, 1.54) is 40.9 Å². The summed E-state index contributed by atoms with van der Waals surface area (Å²) in [5.74, 6) is -0.977. The van der Waals surface area contributed by atoms with Crippen molar-refractivity contribution < 1.29 is 24.0 Å². The van der Waals surface area contributed by atoms with Crippen LogP contribution in [0.25, 0.3) is 0 Å². The fourth-order valence-electron chi connectivity index (χ4n) is 2.29. The van der Waals surface area contributed by atoms with Crippen LogP contribution in [-0.4, -0.2) is 33.4 Å². The number of non-ortho nitro benzene ring substituents is 1. The first-order chi connectivity index (χ1) is 11.0. The average molecular weight is 334 g/mol. The van der Waals surface area contributed by atoms with Crippen LogP contribution in [0.4, 0.5) is 5.69 Å². The van der Waals surface area contributed by atoms with Crippen molar-refractivity contribution in [3.63, 3.8) is 0 Å². The molecule has 0 N–H and O–H groups in total. The molecule has 23 heavy (non-hydrogen) atoms. The number of nitro benzene ring substituents is 1. The van der Waals surface area contributed by atoms with Crippen LogP contribution in [0.5, 0.6) is 0 Å². The minimum atomic E-state index is -0.756. The van der Waals surface area contributed by atoms with E-state index in [0.29, 0.717) is 18.3 Å². The predicted octanol–water partition coefficient (Wildman–Crippen LogP) is 1.35. The number of ether oxygens (including phenoxy) is 1. The van der Waals surface area contributed by atoms with Crippen molar-refractivity contribution in [2.45, 2.75) is 18.4 Å². The van der Waals surface area contributed by atoms with Gasteiger partial charge in [-0.25, -0.2) is 4.79 Å². The van der Waals surface area contributed by atoms with E-state index in [1.807, 2.05) is 0 Å². The molecule has 0 radical (unpaired) electrons. The number of hydrogen-bond donors (Lipinski definition) is 0. The lowest BCUT2D eigenvalue weighted by atomic mass is 10.1. The van der Waals surface area contributed by atoms with Crippen LogP contribution in [0.15, 0.2) is 34.9 Å². The van der Waals surface area contributed by atoms with Gasteiger partial charge in [0.2, 0.25) is 5.91 Å². The molecule has 1 fully saturated rings. The van der Waals surface area contributed by atoms with Crippen LogP contribution in [-0.2, 0) is 25.7 Å². The quantitative estimate of drug-likeness (QED) is 0.263. The summed E-state index contributed by atoms with van der Waals surface area (Å²) in [6.07, 6.45) is 0.833. The molecule has 1 atom stereocenters. The number of nitrogens with zero attached hydrogens (tertiary/aromatic N) is 2.